The lowest BCUT2D eigenvalue weighted by Gasteiger charge is -2.34. The Labute approximate surface area is 196 Å². The molecule has 3 aromatic carbocycles. The fourth-order valence-electron chi connectivity index (χ4n) is 4.04. The van der Waals surface area contributed by atoms with Crippen molar-refractivity contribution >= 4 is 11.6 Å². The van der Waals surface area contributed by atoms with Crippen LogP contribution in [-0.4, -0.2) is 54.1 Å². The summed E-state index contributed by atoms with van der Waals surface area (Å²) in [7, 11) is 0. The second-order valence-corrected chi connectivity index (χ2v) is 8.71. The van der Waals surface area contributed by atoms with Crippen LogP contribution in [0, 0.1) is 6.92 Å². The van der Waals surface area contributed by atoms with Gasteiger partial charge in [-0.2, -0.15) is 5.10 Å². The highest BCUT2D eigenvalue weighted by atomic mass is 16.2. The van der Waals surface area contributed by atoms with Gasteiger partial charge in [-0.1, -0.05) is 84.4 Å². The summed E-state index contributed by atoms with van der Waals surface area (Å²) in [6.45, 7) is 9.09. The molecule has 0 saturated carbocycles. The molecule has 1 saturated heterocycles. The number of benzene rings is 3. The molecule has 0 spiro atoms. The molecule has 1 aliphatic rings. The molecule has 0 unspecified atom stereocenters. The van der Waals surface area contributed by atoms with E-state index in [2.05, 4.69) is 75.8 Å². The first-order valence-corrected chi connectivity index (χ1v) is 11.6. The molecular formula is C28H32N4O. The number of nitrogens with zero attached hydrogens (tertiary/aromatic N) is 3. The fourth-order valence-corrected chi connectivity index (χ4v) is 4.04. The average molecular weight is 441 g/mol. The van der Waals surface area contributed by atoms with Gasteiger partial charge in [0.25, 0.3) is 5.91 Å². The molecule has 5 heteroatoms. The Morgan fingerprint density at radius 3 is 2.09 bits per heavy atom. The number of hydrogen-bond donors (Lipinski definition) is 1. The molecule has 170 valence electrons. The predicted octanol–water partition coefficient (Wildman–Crippen LogP) is 4.32. The van der Waals surface area contributed by atoms with Gasteiger partial charge in [0.15, 0.2) is 0 Å². The van der Waals surface area contributed by atoms with Crippen LogP contribution in [0.25, 0.3) is 11.1 Å². The highest BCUT2D eigenvalue weighted by molar-refractivity contribution is 5.99. The van der Waals surface area contributed by atoms with E-state index >= 15 is 0 Å². The molecule has 1 aliphatic heterocycles. The van der Waals surface area contributed by atoms with E-state index in [9.17, 15) is 4.79 Å². The highest BCUT2D eigenvalue weighted by Gasteiger charge is 2.19. The Kier molecular flexibility index (Phi) is 7.66. The van der Waals surface area contributed by atoms with Crippen LogP contribution in [0.5, 0.6) is 0 Å². The Balaban J connectivity index is 1.22. The molecule has 0 radical (unpaired) electrons. The largest absolute Gasteiger partial charge is 0.297 e. The van der Waals surface area contributed by atoms with E-state index in [0.717, 1.165) is 49.6 Å². The maximum absolute atomic E-state index is 12.4. The monoisotopic (exact) mass is 440 g/mol. The lowest BCUT2D eigenvalue weighted by Crippen LogP contribution is -2.48. The van der Waals surface area contributed by atoms with Crippen molar-refractivity contribution in [2.24, 2.45) is 5.10 Å². The van der Waals surface area contributed by atoms with Crippen LogP contribution in [0.1, 0.15) is 23.6 Å². The van der Waals surface area contributed by atoms with Gasteiger partial charge < -0.3 is 0 Å². The van der Waals surface area contributed by atoms with Crippen LogP contribution in [0.4, 0.5) is 0 Å². The smallest absolute Gasteiger partial charge is 0.254 e. The SMILES string of the molecule is C/C(=N/NC(=O)CN1CCN(Cc2ccc(C)cc2)CC1)c1ccc(-c2ccccc2)cc1. The molecular weight excluding hydrogens is 408 g/mol. The summed E-state index contributed by atoms with van der Waals surface area (Å²) in [6, 6.07) is 27.3. The number of hydrazone groups is 1. The number of nitrogens with one attached hydrogen (secondary N) is 1. The molecule has 0 aliphatic carbocycles. The first kappa shape index (κ1) is 22.9. The van der Waals surface area contributed by atoms with Gasteiger partial charge in [-0.3, -0.25) is 14.6 Å². The minimum Gasteiger partial charge on any atom is -0.297 e. The van der Waals surface area contributed by atoms with Crippen LogP contribution in [0.2, 0.25) is 0 Å². The highest BCUT2D eigenvalue weighted by Crippen LogP contribution is 2.19. The minimum absolute atomic E-state index is 0.0674. The predicted molar refractivity (Wildman–Crippen MR) is 135 cm³/mol. The molecule has 4 rings (SSSR count). The standard InChI is InChI=1S/C28H32N4O/c1-22-8-10-24(11-9-22)20-31-16-18-32(19-17-31)21-28(33)30-29-23(2)25-12-14-27(15-13-25)26-6-4-3-5-7-26/h3-15H,16-21H2,1-2H3,(H,30,33)/b29-23-. The summed E-state index contributed by atoms with van der Waals surface area (Å²) >= 11 is 0. The zero-order chi connectivity index (χ0) is 23.0. The van der Waals surface area contributed by atoms with Crippen LogP contribution < -0.4 is 5.43 Å². The molecule has 5 nitrogen and oxygen atoms in total. The number of carbonyl (C=O) groups excluding carboxylic acids is 1. The van der Waals surface area contributed by atoms with Crippen molar-refractivity contribution in [3.63, 3.8) is 0 Å². The van der Waals surface area contributed by atoms with E-state index in [-0.39, 0.29) is 5.91 Å². The Morgan fingerprint density at radius 1 is 0.818 bits per heavy atom. The minimum atomic E-state index is -0.0674. The van der Waals surface area contributed by atoms with E-state index in [1.807, 2.05) is 37.3 Å². The van der Waals surface area contributed by atoms with Gasteiger partial charge in [0.2, 0.25) is 0 Å². The zero-order valence-corrected chi connectivity index (χ0v) is 19.5. The first-order valence-electron chi connectivity index (χ1n) is 11.6. The van der Waals surface area contributed by atoms with Crippen LogP contribution in [-0.2, 0) is 11.3 Å². The number of rotatable bonds is 7. The summed E-state index contributed by atoms with van der Waals surface area (Å²) in [6.07, 6.45) is 0. The summed E-state index contributed by atoms with van der Waals surface area (Å²) in [5, 5.41) is 4.32. The van der Waals surface area contributed by atoms with Crippen molar-refractivity contribution in [3.8, 4) is 11.1 Å². The summed E-state index contributed by atoms with van der Waals surface area (Å²) in [4.78, 5) is 17.1. The molecule has 1 N–H and O–H groups in total. The topological polar surface area (TPSA) is 47.9 Å². The van der Waals surface area contributed by atoms with Gasteiger partial charge in [-0.15, -0.1) is 0 Å². The fraction of sp³-hybridized carbons (Fsp3) is 0.286. The summed E-state index contributed by atoms with van der Waals surface area (Å²) in [5.41, 5.74) is 9.50. The molecule has 0 aromatic heterocycles. The van der Waals surface area contributed by atoms with Crippen molar-refractivity contribution in [1.82, 2.24) is 15.2 Å². The van der Waals surface area contributed by atoms with Gasteiger partial charge in [0.1, 0.15) is 0 Å². The normalized spacial score (nSPS) is 15.4. The third-order valence-electron chi connectivity index (χ3n) is 6.12. The van der Waals surface area contributed by atoms with Gasteiger partial charge in [0.05, 0.1) is 12.3 Å². The Hall–Kier alpha value is -3.28. The second kappa shape index (κ2) is 11.0. The number of aryl methyl sites for hydroxylation is 1. The first-order chi connectivity index (χ1) is 16.1. The van der Waals surface area contributed by atoms with Crippen molar-refractivity contribution < 1.29 is 4.79 Å². The maximum Gasteiger partial charge on any atom is 0.254 e. The molecule has 0 atom stereocenters. The summed E-state index contributed by atoms with van der Waals surface area (Å²) < 4.78 is 0. The summed E-state index contributed by atoms with van der Waals surface area (Å²) in [5.74, 6) is -0.0674. The van der Waals surface area contributed by atoms with Crippen molar-refractivity contribution in [1.29, 1.82) is 0 Å². The van der Waals surface area contributed by atoms with E-state index in [0.29, 0.717) is 6.54 Å². The van der Waals surface area contributed by atoms with Crippen molar-refractivity contribution in [2.75, 3.05) is 32.7 Å². The van der Waals surface area contributed by atoms with E-state index < -0.39 is 0 Å². The van der Waals surface area contributed by atoms with Gasteiger partial charge in [-0.05, 0) is 36.1 Å². The van der Waals surface area contributed by atoms with Crippen molar-refractivity contribution in [2.45, 2.75) is 20.4 Å². The molecule has 1 heterocycles. The Bertz CT molecular complexity index is 1070. The average Bonchev–Trinajstić information content (AvgIpc) is 2.86. The second-order valence-electron chi connectivity index (χ2n) is 8.71. The van der Waals surface area contributed by atoms with Crippen LogP contribution in [0.15, 0.2) is 84.0 Å². The molecule has 0 bridgehead atoms. The third kappa shape index (κ3) is 6.60. The molecule has 33 heavy (non-hydrogen) atoms. The zero-order valence-electron chi connectivity index (χ0n) is 19.5. The molecule has 1 amide bonds. The number of amides is 1. The van der Waals surface area contributed by atoms with Crippen LogP contribution >= 0.6 is 0 Å². The van der Waals surface area contributed by atoms with Crippen molar-refractivity contribution in [3.05, 3.63) is 95.6 Å². The van der Waals surface area contributed by atoms with E-state index in [4.69, 9.17) is 0 Å². The van der Waals surface area contributed by atoms with E-state index in [1.54, 1.807) is 0 Å². The number of piperazine rings is 1. The van der Waals surface area contributed by atoms with Crippen LogP contribution in [0.3, 0.4) is 0 Å². The third-order valence-corrected chi connectivity index (χ3v) is 6.12. The van der Waals surface area contributed by atoms with E-state index in [1.165, 1.54) is 16.7 Å². The number of hydrogen-bond acceptors (Lipinski definition) is 4. The Morgan fingerprint density at radius 2 is 1.42 bits per heavy atom. The van der Waals surface area contributed by atoms with Gasteiger partial charge in [0, 0.05) is 32.7 Å². The maximum atomic E-state index is 12.4. The number of carbonyl (C=O) groups is 1. The van der Waals surface area contributed by atoms with Gasteiger partial charge >= 0.3 is 0 Å². The lowest BCUT2D eigenvalue weighted by atomic mass is 10.0. The van der Waals surface area contributed by atoms with Gasteiger partial charge in [-0.25, -0.2) is 5.43 Å². The quantitative estimate of drug-likeness (QED) is 0.440. The molecule has 3 aromatic rings. The lowest BCUT2D eigenvalue weighted by molar-refractivity contribution is -0.122. The molecule has 1 fully saturated rings.